The zero-order valence-corrected chi connectivity index (χ0v) is 8.87. The van der Waals surface area contributed by atoms with E-state index in [0.717, 1.165) is 0 Å². The van der Waals surface area contributed by atoms with Crippen LogP contribution in [0.4, 0.5) is 0 Å². The van der Waals surface area contributed by atoms with E-state index in [0.29, 0.717) is 13.1 Å². The number of nitrogens with one attached hydrogen (secondary N) is 2. The second-order valence-electron chi connectivity index (χ2n) is 2.72. The van der Waals surface area contributed by atoms with Gasteiger partial charge in [0, 0.05) is 13.1 Å². The normalized spacial score (nSPS) is 9.27. The second kappa shape index (κ2) is 6.77. The van der Waals surface area contributed by atoms with Crippen molar-refractivity contribution < 1.29 is 14.4 Å². The minimum Gasteiger partial charge on any atom is -0.342 e. The van der Waals surface area contributed by atoms with Gasteiger partial charge in [0.25, 0.3) is 0 Å². The van der Waals surface area contributed by atoms with Crippen LogP contribution >= 0.6 is 0 Å². The average Bonchev–Trinajstić information content (AvgIpc) is 2.26. The van der Waals surface area contributed by atoms with Crippen molar-refractivity contribution in [2.24, 2.45) is 5.84 Å². The van der Waals surface area contributed by atoms with Crippen LogP contribution in [0.15, 0.2) is 0 Å². The highest BCUT2D eigenvalue weighted by molar-refractivity contribution is 6.35. The van der Waals surface area contributed by atoms with Crippen LogP contribution in [0.1, 0.15) is 13.8 Å². The molecule has 0 aliphatic heterocycles. The van der Waals surface area contributed by atoms with Gasteiger partial charge in [-0.2, -0.15) is 0 Å². The quantitative estimate of drug-likeness (QED) is 0.218. The molecule has 0 aliphatic rings. The summed E-state index contributed by atoms with van der Waals surface area (Å²) in [6, 6.07) is 0. The Hall–Kier alpha value is -1.63. The largest absolute Gasteiger partial charge is 0.342 e. The number of hydrogen-bond donors (Lipinski definition) is 3. The smallest absolute Gasteiger partial charge is 0.323 e. The molecule has 7 heteroatoms. The first-order chi connectivity index (χ1) is 7.06. The molecule has 3 amide bonds. The highest BCUT2D eigenvalue weighted by atomic mass is 16.2. The first-order valence-corrected chi connectivity index (χ1v) is 4.63. The fraction of sp³-hybridized carbons (Fsp3) is 0.625. The molecule has 0 unspecified atom stereocenters. The van der Waals surface area contributed by atoms with E-state index in [1.807, 2.05) is 13.8 Å². The fourth-order valence-electron chi connectivity index (χ4n) is 0.990. The predicted octanol–water partition coefficient (Wildman–Crippen LogP) is -2.04. The molecule has 0 bridgehead atoms. The first-order valence-electron chi connectivity index (χ1n) is 4.63. The van der Waals surface area contributed by atoms with Crippen molar-refractivity contribution in [3.8, 4) is 0 Å². The molecule has 0 aromatic heterocycles. The molecule has 4 N–H and O–H groups in total. The molecule has 0 aliphatic carbocycles. The molecule has 0 heterocycles. The van der Waals surface area contributed by atoms with Crippen molar-refractivity contribution in [3.05, 3.63) is 0 Å². The Morgan fingerprint density at radius 1 is 1.13 bits per heavy atom. The van der Waals surface area contributed by atoms with Crippen molar-refractivity contribution in [1.82, 2.24) is 15.6 Å². The summed E-state index contributed by atoms with van der Waals surface area (Å²) in [5, 5.41) is 2.16. The van der Waals surface area contributed by atoms with E-state index in [2.05, 4.69) is 5.32 Å². The zero-order valence-electron chi connectivity index (χ0n) is 8.87. The summed E-state index contributed by atoms with van der Waals surface area (Å²) >= 11 is 0. The van der Waals surface area contributed by atoms with Gasteiger partial charge in [0.15, 0.2) is 0 Å². The van der Waals surface area contributed by atoms with E-state index in [1.54, 1.807) is 10.3 Å². The maximum absolute atomic E-state index is 11.4. The maximum Gasteiger partial charge on any atom is 0.323 e. The fourth-order valence-corrected chi connectivity index (χ4v) is 0.990. The van der Waals surface area contributed by atoms with Gasteiger partial charge in [-0.25, -0.2) is 5.84 Å². The van der Waals surface area contributed by atoms with Gasteiger partial charge in [-0.3, -0.25) is 19.8 Å². The van der Waals surface area contributed by atoms with E-state index in [9.17, 15) is 14.4 Å². The SMILES string of the molecule is CCN(CC)C(=O)CNC(=O)C(=O)NN. The summed E-state index contributed by atoms with van der Waals surface area (Å²) in [4.78, 5) is 34.5. The van der Waals surface area contributed by atoms with E-state index in [1.165, 1.54) is 0 Å². The molecule has 0 saturated carbocycles. The molecular formula is C8H16N4O3. The van der Waals surface area contributed by atoms with E-state index >= 15 is 0 Å². The van der Waals surface area contributed by atoms with Crippen LogP contribution < -0.4 is 16.6 Å². The number of rotatable bonds is 4. The highest BCUT2D eigenvalue weighted by Gasteiger charge is 2.14. The van der Waals surface area contributed by atoms with Gasteiger partial charge in [0.2, 0.25) is 5.91 Å². The third kappa shape index (κ3) is 4.41. The molecule has 0 aromatic carbocycles. The number of nitrogens with two attached hydrogens (primary N) is 1. The van der Waals surface area contributed by atoms with Crippen molar-refractivity contribution >= 4 is 17.7 Å². The lowest BCUT2D eigenvalue weighted by Crippen LogP contribution is -2.47. The van der Waals surface area contributed by atoms with Crippen molar-refractivity contribution in [1.29, 1.82) is 0 Å². The Labute approximate surface area is 87.9 Å². The van der Waals surface area contributed by atoms with Crippen LogP contribution in [0, 0.1) is 0 Å². The Kier molecular flexibility index (Phi) is 6.03. The Morgan fingerprint density at radius 2 is 1.67 bits per heavy atom. The number of carbonyl (C=O) groups is 3. The van der Waals surface area contributed by atoms with Crippen LogP contribution in [-0.4, -0.2) is 42.3 Å². The van der Waals surface area contributed by atoms with Gasteiger partial charge in [-0.05, 0) is 13.8 Å². The minimum absolute atomic E-state index is 0.200. The molecule has 7 nitrogen and oxygen atoms in total. The zero-order chi connectivity index (χ0) is 11.8. The molecule has 0 spiro atoms. The lowest BCUT2D eigenvalue weighted by molar-refractivity contribution is -0.140. The summed E-state index contributed by atoms with van der Waals surface area (Å²) < 4.78 is 0. The monoisotopic (exact) mass is 216 g/mol. The van der Waals surface area contributed by atoms with E-state index < -0.39 is 11.8 Å². The number of carbonyl (C=O) groups excluding carboxylic acids is 3. The van der Waals surface area contributed by atoms with Crippen LogP contribution in [0.5, 0.6) is 0 Å². The van der Waals surface area contributed by atoms with Crippen LogP contribution in [-0.2, 0) is 14.4 Å². The maximum atomic E-state index is 11.4. The molecule has 0 rings (SSSR count). The summed E-state index contributed by atoms with van der Waals surface area (Å²) in [5.74, 6) is 2.61. The van der Waals surface area contributed by atoms with Crippen molar-refractivity contribution in [2.75, 3.05) is 19.6 Å². The van der Waals surface area contributed by atoms with Crippen LogP contribution in [0.3, 0.4) is 0 Å². The molecule has 15 heavy (non-hydrogen) atoms. The van der Waals surface area contributed by atoms with Crippen molar-refractivity contribution in [3.63, 3.8) is 0 Å². The predicted molar refractivity (Wildman–Crippen MR) is 53.3 cm³/mol. The van der Waals surface area contributed by atoms with Gasteiger partial charge in [-0.1, -0.05) is 0 Å². The molecule has 0 aromatic rings. The number of nitrogens with zero attached hydrogens (tertiary/aromatic N) is 1. The van der Waals surface area contributed by atoms with Crippen molar-refractivity contribution in [2.45, 2.75) is 13.8 Å². The second-order valence-corrected chi connectivity index (χ2v) is 2.72. The molecular weight excluding hydrogens is 200 g/mol. The number of hydrogen-bond acceptors (Lipinski definition) is 4. The highest BCUT2D eigenvalue weighted by Crippen LogP contribution is 1.86. The molecule has 0 atom stereocenters. The van der Waals surface area contributed by atoms with Gasteiger partial charge in [-0.15, -0.1) is 0 Å². The minimum atomic E-state index is -0.970. The average molecular weight is 216 g/mol. The lowest BCUT2D eigenvalue weighted by Gasteiger charge is -2.18. The number of likely N-dealkylation sites (N-methyl/N-ethyl adjacent to an activating group) is 1. The molecule has 0 radical (unpaired) electrons. The Bertz CT molecular complexity index is 250. The lowest BCUT2D eigenvalue weighted by atomic mass is 10.4. The Morgan fingerprint density at radius 3 is 2.07 bits per heavy atom. The third-order valence-corrected chi connectivity index (χ3v) is 1.85. The van der Waals surface area contributed by atoms with Gasteiger partial charge >= 0.3 is 11.8 Å². The first kappa shape index (κ1) is 13.4. The topological polar surface area (TPSA) is 105 Å². The standard InChI is InChI=1S/C8H16N4O3/c1-3-12(4-2)6(13)5-10-7(14)8(15)11-9/h3-5,9H2,1-2H3,(H,10,14)(H,11,15). The summed E-state index contributed by atoms with van der Waals surface area (Å²) in [7, 11) is 0. The molecule has 0 fully saturated rings. The van der Waals surface area contributed by atoms with Gasteiger partial charge < -0.3 is 10.2 Å². The number of amides is 3. The summed E-state index contributed by atoms with van der Waals surface area (Å²) in [6.45, 7) is 4.59. The van der Waals surface area contributed by atoms with Crippen LogP contribution in [0.25, 0.3) is 0 Å². The summed E-state index contributed by atoms with van der Waals surface area (Å²) in [6.07, 6.45) is 0. The molecule has 0 saturated heterocycles. The molecule has 86 valence electrons. The third-order valence-electron chi connectivity index (χ3n) is 1.85. The Balaban J connectivity index is 4.00. The van der Waals surface area contributed by atoms with E-state index in [4.69, 9.17) is 5.84 Å². The van der Waals surface area contributed by atoms with E-state index in [-0.39, 0.29) is 12.5 Å². The number of hydrazine groups is 1. The van der Waals surface area contributed by atoms with Gasteiger partial charge in [0.05, 0.1) is 6.54 Å². The summed E-state index contributed by atoms with van der Waals surface area (Å²) in [5.41, 5.74) is 1.67. The van der Waals surface area contributed by atoms with Crippen LogP contribution in [0.2, 0.25) is 0 Å². The van der Waals surface area contributed by atoms with Gasteiger partial charge in [0.1, 0.15) is 0 Å².